The van der Waals surface area contributed by atoms with Gasteiger partial charge in [-0.2, -0.15) is 0 Å². The van der Waals surface area contributed by atoms with Crippen LogP contribution in [-0.4, -0.2) is 0 Å². The molecule has 20 rings (SSSR count). The molecule has 143 heavy (non-hydrogen) atoms. The highest BCUT2D eigenvalue weighted by atomic mass is 14.2. The zero-order valence-corrected chi connectivity index (χ0v) is 87.8. The van der Waals surface area contributed by atoms with E-state index in [1.807, 2.05) is 18.2 Å². The molecule has 0 heterocycles. The Hall–Kier alpha value is -15.1. The summed E-state index contributed by atoms with van der Waals surface area (Å²) in [7, 11) is 0. The van der Waals surface area contributed by atoms with E-state index in [9.17, 15) is 0 Å². The van der Waals surface area contributed by atoms with Crippen molar-refractivity contribution in [1.29, 1.82) is 0 Å². The molecule has 0 unspecified atom stereocenters. The second kappa shape index (κ2) is 55.8. The fraction of sp³-hybridized carbons (Fsp3) is 0.189. The zero-order chi connectivity index (χ0) is 101. The number of hydrogen-bond acceptors (Lipinski definition) is 0. The smallest absolute Gasteiger partial charge is 0.0149 e. The van der Waals surface area contributed by atoms with E-state index in [1.54, 1.807) is 0 Å². The molecule has 0 amide bonds. The third-order valence-electron chi connectivity index (χ3n) is 26.0. The highest BCUT2D eigenvalue weighted by Gasteiger charge is 2.14. The predicted molar refractivity (Wildman–Crippen MR) is 629 cm³/mol. The maximum Gasteiger partial charge on any atom is -0.0149 e. The van der Waals surface area contributed by atoms with Crippen molar-refractivity contribution in [2.24, 2.45) is 0 Å². The van der Waals surface area contributed by atoms with Crippen LogP contribution < -0.4 is 0 Å². The summed E-state index contributed by atoms with van der Waals surface area (Å²) in [5.41, 5.74) is 35.8. The quantitative estimate of drug-likeness (QED) is 0.0803. The van der Waals surface area contributed by atoms with Gasteiger partial charge in [0.15, 0.2) is 0 Å². The van der Waals surface area contributed by atoms with Crippen LogP contribution in [0.15, 0.2) is 516 Å². The summed E-state index contributed by atoms with van der Waals surface area (Å²) >= 11 is 0. The average molecular weight is 1870 g/mol. The summed E-state index contributed by atoms with van der Waals surface area (Å²) < 4.78 is 0. The Labute approximate surface area is 859 Å². The van der Waals surface area contributed by atoms with E-state index in [2.05, 4.69) is 622 Å². The van der Waals surface area contributed by atoms with Crippen LogP contribution >= 0.6 is 0 Å². The summed E-state index contributed by atoms with van der Waals surface area (Å²) in [4.78, 5) is 0. The highest BCUT2D eigenvalue weighted by molar-refractivity contribution is 5.87. The molecule has 0 bridgehead atoms. The first-order valence-electron chi connectivity index (χ1n) is 51.7. The molecule has 0 heteroatoms. The van der Waals surface area contributed by atoms with Gasteiger partial charge in [-0.25, -0.2) is 0 Å². The van der Waals surface area contributed by atoms with Gasteiger partial charge in [-0.1, -0.05) is 628 Å². The normalized spacial score (nSPS) is 10.7. The van der Waals surface area contributed by atoms with Crippen molar-refractivity contribution < 1.29 is 0 Å². The van der Waals surface area contributed by atoms with Crippen LogP contribution in [0, 0.1) is 0 Å². The first-order valence-corrected chi connectivity index (χ1v) is 51.7. The van der Waals surface area contributed by atoms with E-state index in [4.69, 9.17) is 0 Å². The largest absolute Gasteiger partial charge is 0.0622 e. The fourth-order valence-electron chi connectivity index (χ4n) is 17.2. The van der Waals surface area contributed by atoms with E-state index in [-0.39, 0.29) is 0 Å². The first-order chi connectivity index (χ1) is 69.4. The standard InChI is InChI=1S/3C21H20.3C15H16.2C13H14.C9H12/c1-16(2)19-13-20(17-9-5-3-6-10-17)15-21(14-19)18-11-7-4-8-12-18;1-16(2)18-10-6-12-20(14-18)21-13-7-11-19(15-21)17-8-4-3-5-9-17;1-16(2)17-8-10-20(11-9-17)21-14-12-19(13-15-21)18-6-4-3-5-7-18;1-12(2)14-10-6-7-11-15(14)13-8-4-3-5-9-13;1-12(2)14-9-6-10-15(11-14)13-7-4-3-5-8-13;1-12(2)13-8-10-15(11-9-13)14-6-4-3-5-7-14;1-10(2)12-9-5-7-11-6-3-4-8-13(11)12;1-10(2)12-8-7-11-5-3-4-6-13(11)9-12;1-8(2)9-6-4-3-5-7-9/h3*3-16H,1-2H3;3*3-12H,1-2H3;2*3-10H,1-2H3;3-8H,1-2H3. The minimum atomic E-state index is 0.524. The van der Waals surface area contributed by atoms with Crippen molar-refractivity contribution >= 4 is 21.5 Å². The van der Waals surface area contributed by atoms with Gasteiger partial charge in [0.1, 0.15) is 0 Å². The second-order valence-corrected chi connectivity index (χ2v) is 39.6. The maximum atomic E-state index is 2.31. The maximum absolute atomic E-state index is 2.31. The molecule has 0 saturated carbocycles. The first kappa shape index (κ1) is 107. The minimum absolute atomic E-state index is 0.524. The molecule has 0 atom stereocenters. The molecule has 20 aromatic carbocycles. The van der Waals surface area contributed by atoms with Crippen molar-refractivity contribution in [2.75, 3.05) is 0 Å². The van der Waals surface area contributed by atoms with Crippen LogP contribution in [0.25, 0.3) is 122 Å². The number of rotatable bonds is 18. The van der Waals surface area contributed by atoms with Gasteiger partial charge in [-0.15, -0.1) is 0 Å². The van der Waals surface area contributed by atoms with Gasteiger partial charge in [0.25, 0.3) is 0 Å². The van der Waals surface area contributed by atoms with Crippen molar-refractivity contribution in [2.45, 2.75) is 178 Å². The molecule has 0 nitrogen and oxygen atoms in total. The van der Waals surface area contributed by atoms with E-state index >= 15 is 0 Å². The summed E-state index contributed by atoms with van der Waals surface area (Å²) in [6.07, 6.45) is 0. The molecule has 0 fully saturated rings. The lowest BCUT2D eigenvalue weighted by Gasteiger charge is -2.13. The topological polar surface area (TPSA) is 0 Å². The molecular formula is C143H148. The van der Waals surface area contributed by atoms with E-state index in [0.717, 1.165) is 0 Å². The van der Waals surface area contributed by atoms with Crippen molar-refractivity contribution in [3.8, 4) is 100 Å². The summed E-state index contributed by atoms with van der Waals surface area (Å²) in [6, 6.07) is 183. The molecule has 0 spiro atoms. The number of benzene rings is 20. The van der Waals surface area contributed by atoms with E-state index in [0.29, 0.717) is 53.3 Å². The molecular weight excluding hydrogens is 1720 g/mol. The monoisotopic (exact) mass is 1870 g/mol. The second-order valence-electron chi connectivity index (χ2n) is 39.6. The zero-order valence-electron chi connectivity index (χ0n) is 87.8. The number of hydrogen-bond donors (Lipinski definition) is 0. The average Bonchev–Trinajstić information content (AvgIpc) is 0.820. The van der Waals surface area contributed by atoms with Gasteiger partial charge in [0, 0.05) is 0 Å². The highest BCUT2D eigenvalue weighted by Crippen LogP contribution is 2.36. The Kier molecular flexibility index (Phi) is 41.7. The summed E-state index contributed by atoms with van der Waals surface area (Å²) in [5.74, 6) is 5.31. The molecule has 0 aliphatic heterocycles. The summed E-state index contributed by atoms with van der Waals surface area (Å²) in [6.45, 7) is 40.1. The van der Waals surface area contributed by atoms with Crippen molar-refractivity contribution in [3.05, 3.63) is 566 Å². The van der Waals surface area contributed by atoms with E-state index < -0.39 is 0 Å². The Morgan fingerprint density at radius 2 is 0.322 bits per heavy atom. The third kappa shape index (κ3) is 33.0. The van der Waals surface area contributed by atoms with Crippen molar-refractivity contribution in [3.63, 3.8) is 0 Å². The van der Waals surface area contributed by atoms with Gasteiger partial charge >= 0.3 is 0 Å². The summed E-state index contributed by atoms with van der Waals surface area (Å²) in [5, 5.41) is 5.40. The fourth-order valence-corrected chi connectivity index (χ4v) is 17.2. The van der Waals surface area contributed by atoms with Crippen molar-refractivity contribution in [1.82, 2.24) is 0 Å². The van der Waals surface area contributed by atoms with E-state index in [1.165, 1.54) is 172 Å². The van der Waals surface area contributed by atoms with Gasteiger partial charge in [-0.3, -0.25) is 0 Å². The predicted octanol–water partition coefficient (Wildman–Crippen LogP) is 42.6. The van der Waals surface area contributed by atoms with Crippen LogP contribution in [-0.2, 0) is 0 Å². The van der Waals surface area contributed by atoms with Gasteiger partial charge in [0.05, 0.1) is 0 Å². The lowest BCUT2D eigenvalue weighted by molar-refractivity contribution is 0.867. The lowest BCUT2D eigenvalue weighted by Crippen LogP contribution is -1.91. The molecule has 0 aromatic heterocycles. The Bertz CT molecular complexity index is 6980. The van der Waals surface area contributed by atoms with Crippen LogP contribution in [0.2, 0.25) is 0 Å². The molecule has 0 N–H and O–H groups in total. The van der Waals surface area contributed by atoms with Crippen LogP contribution in [0.5, 0.6) is 0 Å². The molecule has 720 valence electrons. The molecule has 0 radical (unpaired) electrons. The van der Waals surface area contributed by atoms with Gasteiger partial charge in [-0.05, 0) is 237 Å². The Morgan fingerprint density at radius 1 is 0.105 bits per heavy atom. The number of fused-ring (bicyclic) bond motifs is 2. The lowest BCUT2D eigenvalue weighted by atomic mass is 9.92. The molecule has 0 aliphatic carbocycles. The van der Waals surface area contributed by atoms with Crippen LogP contribution in [0.4, 0.5) is 0 Å². The van der Waals surface area contributed by atoms with Crippen LogP contribution in [0.3, 0.4) is 0 Å². The molecule has 0 saturated heterocycles. The minimum Gasteiger partial charge on any atom is -0.0622 e. The van der Waals surface area contributed by atoms with Gasteiger partial charge < -0.3 is 0 Å². The Morgan fingerprint density at radius 3 is 0.699 bits per heavy atom. The molecule has 20 aromatic rings. The van der Waals surface area contributed by atoms with Crippen LogP contribution in [0.1, 0.15) is 228 Å². The third-order valence-corrected chi connectivity index (χ3v) is 26.0. The SMILES string of the molecule is CC(C)c1cc(-c2ccccc2)cc(-c2ccccc2)c1.CC(C)c1ccc(-c2ccc(-c3ccccc3)cc2)cc1.CC(C)c1ccc(-c2ccccc2)cc1.CC(C)c1ccc2ccccc2c1.CC(C)c1cccc(-c2cccc(-c3ccccc3)c2)c1.CC(C)c1cccc(-c2ccccc2)c1.CC(C)c1cccc2ccccc12.CC(C)c1ccccc1.CC(C)c1ccccc1-c1ccccc1. The molecule has 0 aliphatic rings. The Balaban J connectivity index is 0.000000145. The van der Waals surface area contributed by atoms with Gasteiger partial charge in [0.2, 0.25) is 0 Å².